The van der Waals surface area contributed by atoms with Crippen molar-refractivity contribution >= 4 is 31.6 Å². The van der Waals surface area contributed by atoms with Crippen LogP contribution < -0.4 is 5.73 Å². The Morgan fingerprint density at radius 3 is 2.58 bits per heavy atom. The van der Waals surface area contributed by atoms with Gasteiger partial charge in [0.25, 0.3) is 0 Å². The maximum Gasteiger partial charge on any atom is 0.242 e. The van der Waals surface area contributed by atoms with Gasteiger partial charge >= 0.3 is 0 Å². The molecule has 1 aliphatic rings. The summed E-state index contributed by atoms with van der Waals surface area (Å²) >= 11 is 3.27. The molecule has 0 atom stereocenters. The number of hydrogen-bond acceptors (Lipinski definition) is 3. The highest BCUT2D eigenvalue weighted by Gasteiger charge is 2.25. The summed E-state index contributed by atoms with van der Waals surface area (Å²) in [6.45, 7) is 0.602. The number of nitrogen functional groups attached to an aromatic ring is 1. The summed E-state index contributed by atoms with van der Waals surface area (Å²) in [5.41, 5.74) is 6.22. The number of anilines is 1. The largest absolute Gasteiger partial charge is 0.398 e. The monoisotopic (exact) mass is 346 g/mol. The third-order valence-electron chi connectivity index (χ3n) is 3.67. The van der Waals surface area contributed by atoms with E-state index in [1.165, 1.54) is 17.1 Å². The molecule has 0 aromatic heterocycles. The Labute approximate surface area is 123 Å². The normalized spacial score (nSPS) is 17.2. The number of benzene rings is 1. The predicted molar refractivity (Wildman–Crippen MR) is 80.3 cm³/mol. The fourth-order valence-electron chi connectivity index (χ4n) is 2.50. The third kappa shape index (κ3) is 3.30. The highest BCUT2D eigenvalue weighted by molar-refractivity contribution is 9.10. The van der Waals surface area contributed by atoms with Crippen LogP contribution in [0.3, 0.4) is 0 Å². The summed E-state index contributed by atoms with van der Waals surface area (Å²) in [5.74, 6) is 0.497. The molecule has 0 aliphatic heterocycles. The van der Waals surface area contributed by atoms with Crippen molar-refractivity contribution in [3.05, 3.63) is 22.7 Å². The van der Waals surface area contributed by atoms with Crippen LogP contribution in [-0.2, 0) is 10.0 Å². The average molecular weight is 347 g/mol. The summed E-state index contributed by atoms with van der Waals surface area (Å²) in [6.07, 6.45) is 4.69. The summed E-state index contributed by atoms with van der Waals surface area (Å²) in [6, 6.07) is 4.73. The van der Waals surface area contributed by atoms with E-state index < -0.39 is 10.0 Å². The van der Waals surface area contributed by atoms with Crippen LogP contribution in [0.2, 0.25) is 0 Å². The molecule has 0 saturated heterocycles. The van der Waals surface area contributed by atoms with E-state index in [0.29, 0.717) is 22.6 Å². The lowest BCUT2D eigenvalue weighted by Gasteiger charge is -2.21. The minimum absolute atomic E-state index is 0.286. The Morgan fingerprint density at radius 2 is 2.00 bits per heavy atom. The molecule has 4 nitrogen and oxygen atoms in total. The summed E-state index contributed by atoms with van der Waals surface area (Å²) in [5, 5.41) is 0. The lowest BCUT2D eigenvalue weighted by Crippen LogP contribution is -2.31. The molecule has 0 bridgehead atoms. The molecule has 0 radical (unpaired) electrons. The maximum atomic E-state index is 12.4. The van der Waals surface area contributed by atoms with Gasteiger partial charge in [0.05, 0.1) is 4.90 Å². The summed E-state index contributed by atoms with van der Waals surface area (Å²) in [7, 11) is -1.77. The lowest BCUT2D eigenvalue weighted by molar-refractivity contribution is 0.387. The number of nitrogens with two attached hydrogens (primary N) is 1. The number of sulfonamides is 1. The Balaban J connectivity index is 2.18. The summed E-state index contributed by atoms with van der Waals surface area (Å²) < 4.78 is 27.0. The van der Waals surface area contributed by atoms with Crippen molar-refractivity contribution in [2.45, 2.75) is 30.6 Å². The molecule has 2 N–H and O–H groups in total. The van der Waals surface area contributed by atoms with Crippen LogP contribution in [0.4, 0.5) is 5.69 Å². The Bertz CT molecular complexity index is 554. The van der Waals surface area contributed by atoms with Gasteiger partial charge in [-0.2, -0.15) is 0 Å². The first-order valence-electron chi connectivity index (χ1n) is 6.42. The average Bonchev–Trinajstić information content (AvgIpc) is 2.85. The van der Waals surface area contributed by atoms with Crippen LogP contribution in [0.5, 0.6) is 0 Å². The van der Waals surface area contributed by atoms with Crippen LogP contribution in [0, 0.1) is 5.92 Å². The van der Waals surface area contributed by atoms with Gasteiger partial charge in [-0.3, -0.25) is 0 Å². The highest BCUT2D eigenvalue weighted by atomic mass is 79.9. The first kappa shape index (κ1) is 14.8. The highest BCUT2D eigenvalue weighted by Crippen LogP contribution is 2.28. The first-order valence-corrected chi connectivity index (χ1v) is 8.66. The van der Waals surface area contributed by atoms with E-state index in [1.54, 1.807) is 25.2 Å². The van der Waals surface area contributed by atoms with Crippen molar-refractivity contribution in [2.24, 2.45) is 5.92 Å². The van der Waals surface area contributed by atoms with Crippen molar-refractivity contribution in [3.8, 4) is 0 Å². The molecule has 1 aliphatic carbocycles. The van der Waals surface area contributed by atoms with Crippen LogP contribution in [0.25, 0.3) is 0 Å². The van der Waals surface area contributed by atoms with Gasteiger partial charge in [-0.1, -0.05) is 12.8 Å². The zero-order valence-corrected chi connectivity index (χ0v) is 13.4. The van der Waals surface area contributed by atoms with Crippen molar-refractivity contribution in [2.75, 3.05) is 19.3 Å². The van der Waals surface area contributed by atoms with E-state index in [0.717, 1.165) is 12.8 Å². The first-order chi connectivity index (χ1) is 8.91. The second kappa shape index (κ2) is 5.81. The van der Waals surface area contributed by atoms with Crippen molar-refractivity contribution in [3.63, 3.8) is 0 Å². The molecule has 0 heterocycles. The van der Waals surface area contributed by atoms with E-state index in [4.69, 9.17) is 5.73 Å². The van der Waals surface area contributed by atoms with Gasteiger partial charge < -0.3 is 5.73 Å². The molecular weight excluding hydrogens is 328 g/mol. The number of nitrogens with zero attached hydrogens (tertiary/aromatic N) is 1. The number of halogens is 1. The van der Waals surface area contributed by atoms with Crippen LogP contribution in [0.1, 0.15) is 25.7 Å². The molecular formula is C13H19BrN2O2S. The second-order valence-corrected chi connectivity index (χ2v) is 8.02. The predicted octanol–water partition coefficient (Wildman–Crippen LogP) is 2.84. The van der Waals surface area contributed by atoms with Gasteiger partial charge in [0.15, 0.2) is 0 Å². The van der Waals surface area contributed by atoms with E-state index in [1.807, 2.05) is 0 Å². The van der Waals surface area contributed by atoms with E-state index >= 15 is 0 Å². The molecule has 6 heteroatoms. The van der Waals surface area contributed by atoms with Crippen LogP contribution in [-0.4, -0.2) is 26.3 Å². The van der Waals surface area contributed by atoms with Crippen LogP contribution >= 0.6 is 15.9 Å². The Hall–Kier alpha value is -0.590. The molecule has 2 rings (SSSR count). The molecule has 1 fully saturated rings. The number of rotatable bonds is 4. The molecule has 1 aromatic carbocycles. The topological polar surface area (TPSA) is 63.4 Å². The Kier molecular flexibility index (Phi) is 4.53. The molecule has 0 spiro atoms. The SMILES string of the molecule is CN(CC1CCCC1)S(=O)(=O)c1ccc(N)c(Br)c1. The molecule has 0 amide bonds. The molecule has 106 valence electrons. The van der Waals surface area contributed by atoms with Crippen molar-refractivity contribution in [1.29, 1.82) is 0 Å². The van der Waals surface area contributed by atoms with E-state index in [9.17, 15) is 8.42 Å². The third-order valence-corrected chi connectivity index (χ3v) is 6.18. The minimum atomic E-state index is -3.42. The van der Waals surface area contributed by atoms with Gasteiger partial charge in [-0.15, -0.1) is 0 Å². The van der Waals surface area contributed by atoms with Crippen LogP contribution in [0.15, 0.2) is 27.6 Å². The smallest absolute Gasteiger partial charge is 0.242 e. The van der Waals surface area contributed by atoms with Crippen molar-refractivity contribution < 1.29 is 8.42 Å². The fraction of sp³-hybridized carbons (Fsp3) is 0.538. The number of hydrogen-bond donors (Lipinski definition) is 1. The Morgan fingerprint density at radius 1 is 1.37 bits per heavy atom. The van der Waals surface area contributed by atoms with Gasteiger partial charge in [0, 0.05) is 23.8 Å². The van der Waals surface area contributed by atoms with Gasteiger partial charge in [0.1, 0.15) is 0 Å². The molecule has 1 aromatic rings. The zero-order chi connectivity index (χ0) is 14.0. The second-order valence-electron chi connectivity index (χ2n) is 5.12. The van der Waals surface area contributed by atoms with E-state index in [2.05, 4.69) is 15.9 Å². The molecule has 0 unspecified atom stereocenters. The molecule has 19 heavy (non-hydrogen) atoms. The standard InChI is InChI=1S/C13H19BrN2O2S/c1-16(9-10-4-2-3-5-10)19(17,18)11-6-7-13(15)12(14)8-11/h6-8,10H,2-5,9,15H2,1H3. The van der Waals surface area contributed by atoms with Gasteiger partial charge in [0.2, 0.25) is 10.0 Å². The lowest BCUT2D eigenvalue weighted by atomic mass is 10.1. The van der Waals surface area contributed by atoms with E-state index in [-0.39, 0.29) is 4.90 Å². The quantitative estimate of drug-likeness (QED) is 0.852. The summed E-state index contributed by atoms with van der Waals surface area (Å²) in [4.78, 5) is 0.286. The molecule has 1 saturated carbocycles. The van der Waals surface area contributed by atoms with Gasteiger partial charge in [-0.05, 0) is 52.9 Å². The zero-order valence-electron chi connectivity index (χ0n) is 11.0. The van der Waals surface area contributed by atoms with Gasteiger partial charge in [-0.25, -0.2) is 12.7 Å². The minimum Gasteiger partial charge on any atom is -0.398 e. The fourth-order valence-corrected chi connectivity index (χ4v) is 4.31. The van der Waals surface area contributed by atoms with Crippen molar-refractivity contribution in [1.82, 2.24) is 4.31 Å². The maximum absolute atomic E-state index is 12.4.